The molecule has 5 nitrogen and oxygen atoms in total. The van der Waals surface area contributed by atoms with Crippen molar-refractivity contribution >= 4 is 53.0 Å². The predicted molar refractivity (Wildman–Crippen MR) is 108 cm³/mol. The Labute approximate surface area is 162 Å². The summed E-state index contributed by atoms with van der Waals surface area (Å²) >= 11 is 3.12. The average molecular weight is 400 g/mol. The highest BCUT2D eigenvalue weighted by Crippen LogP contribution is 2.23. The second-order valence-electron chi connectivity index (χ2n) is 5.35. The maximum absolute atomic E-state index is 12.3. The largest absolute Gasteiger partial charge is 0.338 e. The quantitative estimate of drug-likeness (QED) is 0.700. The van der Waals surface area contributed by atoms with Crippen molar-refractivity contribution in [3.8, 4) is 0 Å². The van der Waals surface area contributed by atoms with Gasteiger partial charge in [-0.3, -0.25) is 9.59 Å². The van der Waals surface area contributed by atoms with Crippen molar-refractivity contribution in [1.82, 2.24) is 4.90 Å². The lowest BCUT2D eigenvalue weighted by atomic mass is 10.1. The number of carbonyl (C=O) groups excluding carboxylic acids is 2. The summed E-state index contributed by atoms with van der Waals surface area (Å²) in [5.41, 5.74) is 6.84. The zero-order valence-electron chi connectivity index (χ0n) is 14.1. The van der Waals surface area contributed by atoms with Crippen molar-refractivity contribution in [3.63, 3.8) is 0 Å². The Kier molecular flexibility index (Phi) is 8.99. The van der Waals surface area contributed by atoms with Crippen LogP contribution in [0.5, 0.6) is 0 Å². The molecule has 1 heterocycles. The van der Waals surface area contributed by atoms with Crippen LogP contribution in [0.3, 0.4) is 0 Å². The van der Waals surface area contributed by atoms with Crippen LogP contribution >= 0.6 is 35.5 Å². The fourth-order valence-electron chi connectivity index (χ4n) is 1.94. The monoisotopic (exact) mass is 399 g/mol. The molecule has 8 heteroatoms. The van der Waals surface area contributed by atoms with Gasteiger partial charge in [-0.25, -0.2) is 0 Å². The highest BCUT2D eigenvalue weighted by Gasteiger charge is 2.16. The first-order valence-corrected chi connectivity index (χ1v) is 9.41. The fraction of sp³-hybridized carbons (Fsp3) is 0.294. The zero-order chi connectivity index (χ0) is 17.5. The third-order valence-corrected chi connectivity index (χ3v) is 5.71. The summed E-state index contributed by atoms with van der Waals surface area (Å²) in [6, 6.07) is 10.8. The van der Waals surface area contributed by atoms with E-state index < -0.39 is 0 Å². The Morgan fingerprint density at radius 3 is 2.52 bits per heavy atom. The van der Waals surface area contributed by atoms with Crippen LogP contribution in [0.2, 0.25) is 0 Å². The molecule has 0 aliphatic heterocycles. The molecule has 0 spiro atoms. The molecule has 136 valence electrons. The lowest BCUT2D eigenvalue weighted by Crippen LogP contribution is -2.39. The van der Waals surface area contributed by atoms with Gasteiger partial charge in [0.2, 0.25) is 5.91 Å². The molecule has 0 aliphatic carbocycles. The first-order chi connectivity index (χ1) is 11.5. The van der Waals surface area contributed by atoms with Crippen LogP contribution in [0.15, 0.2) is 46.0 Å². The molecule has 1 aromatic carbocycles. The molecule has 2 rings (SSSR count). The molecule has 0 saturated carbocycles. The third-order valence-electron chi connectivity index (χ3n) is 3.58. The van der Waals surface area contributed by atoms with Crippen molar-refractivity contribution in [3.05, 3.63) is 47.3 Å². The SMILES string of the molecule is CC(CN)N(C)C(=O)c1ccc(NC(=O)CSc2cccs2)cc1.Cl. The van der Waals surface area contributed by atoms with Gasteiger partial charge in [-0.2, -0.15) is 0 Å². The van der Waals surface area contributed by atoms with Gasteiger partial charge in [0.25, 0.3) is 5.91 Å². The predicted octanol–water partition coefficient (Wildman–Crippen LogP) is 3.32. The molecule has 3 N–H and O–H groups in total. The van der Waals surface area contributed by atoms with E-state index in [-0.39, 0.29) is 30.3 Å². The number of nitrogens with two attached hydrogens (primary N) is 1. The third kappa shape index (κ3) is 6.36. The number of thioether (sulfide) groups is 1. The number of hydrogen-bond acceptors (Lipinski definition) is 5. The highest BCUT2D eigenvalue weighted by atomic mass is 35.5. The van der Waals surface area contributed by atoms with E-state index in [4.69, 9.17) is 5.73 Å². The number of anilines is 1. The summed E-state index contributed by atoms with van der Waals surface area (Å²) in [5, 5.41) is 4.82. The summed E-state index contributed by atoms with van der Waals surface area (Å²) in [6.45, 7) is 2.32. The van der Waals surface area contributed by atoms with Crippen LogP contribution < -0.4 is 11.1 Å². The number of rotatable bonds is 7. The van der Waals surface area contributed by atoms with E-state index >= 15 is 0 Å². The van der Waals surface area contributed by atoms with Crippen molar-refractivity contribution in [2.24, 2.45) is 5.73 Å². The van der Waals surface area contributed by atoms with Crippen molar-refractivity contribution in [2.45, 2.75) is 17.2 Å². The minimum atomic E-state index is -0.0842. The molecule has 0 saturated heterocycles. The van der Waals surface area contributed by atoms with E-state index in [1.807, 2.05) is 24.4 Å². The van der Waals surface area contributed by atoms with Gasteiger partial charge in [0.15, 0.2) is 0 Å². The molecule has 0 fully saturated rings. The van der Waals surface area contributed by atoms with Crippen molar-refractivity contribution in [1.29, 1.82) is 0 Å². The van der Waals surface area contributed by atoms with Crippen LogP contribution in [0.1, 0.15) is 17.3 Å². The minimum Gasteiger partial charge on any atom is -0.338 e. The molecule has 1 aromatic heterocycles. The molecule has 0 bridgehead atoms. The number of halogens is 1. The maximum Gasteiger partial charge on any atom is 0.253 e. The van der Waals surface area contributed by atoms with Gasteiger partial charge >= 0.3 is 0 Å². The second-order valence-corrected chi connectivity index (χ2v) is 7.57. The first kappa shape index (κ1) is 21.5. The Bertz CT molecular complexity index is 678. The number of nitrogens with one attached hydrogen (secondary N) is 1. The van der Waals surface area contributed by atoms with E-state index in [0.717, 1.165) is 4.21 Å². The average Bonchev–Trinajstić information content (AvgIpc) is 3.12. The van der Waals surface area contributed by atoms with Gasteiger partial charge in [-0.15, -0.1) is 35.5 Å². The van der Waals surface area contributed by atoms with Gasteiger partial charge in [-0.05, 0) is 42.6 Å². The number of benzene rings is 1. The molecule has 2 aromatic rings. The van der Waals surface area contributed by atoms with Gasteiger partial charge < -0.3 is 16.0 Å². The normalized spacial score (nSPS) is 11.3. The van der Waals surface area contributed by atoms with E-state index in [9.17, 15) is 9.59 Å². The molecule has 0 aliphatic rings. The van der Waals surface area contributed by atoms with Crippen molar-refractivity contribution in [2.75, 3.05) is 24.7 Å². The van der Waals surface area contributed by atoms with Crippen LogP contribution in [-0.2, 0) is 4.79 Å². The Balaban J connectivity index is 0.00000312. The molecule has 2 amide bonds. The van der Waals surface area contributed by atoms with Crippen LogP contribution in [0, 0.1) is 0 Å². The standard InChI is InChI=1S/C17H21N3O2S2.ClH/c1-12(10-18)20(2)17(22)13-5-7-14(8-6-13)19-15(21)11-24-16-4-3-9-23-16;/h3-9,12H,10-11,18H2,1-2H3,(H,19,21);1H. The highest BCUT2D eigenvalue weighted by molar-refractivity contribution is 8.01. The number of hydrogen-bond donors (Lipinski definition) is 2. The lowest BCUT2D eigenvalue weighted by molar-refractivity contribution is -0.113. The second kappa shape index (κ2) is 10.5. The van der Waals surface area contributed by atoms with E-state index in [1.54, 1.807) is 47.5 Å². The van der Waals surface area contributed by atoms with E-state index in [0.29, 0.717) is 23.5 Å². The van der Waals surface area contributed by atoms with Gasteiger partial charge in [0, 0.05) is 30.9 Å². The first-order valence-electron chi connectivity index (χ1n) is 7.54. The Morgan fingerprint density at radius 1 is 1.28 bits per heavy atom. The number of thiophene rings is 1. The van der Waals surface area contributed by atoms with Gasteiger partial charge in [0.05, 0.1) is 9.96 Å². The summed E-state index contributed by atoms with van der Waals surface area (Å²) in [4.78, 5) is 25.9. The maximum atomic E-state index is 12.3. The van der Waals surface area contributed by atoms with Gasteiger partial charge in [-0.1, -0.05) is 6.07 Å². The zero-order valence-corrected chi connectivity index (χ0v) is 16.5. The smallest absolute Gasteiger partial charge is 0.253 e. The molecule has 0 radical (unpaired) electrons. The topological polar surface area (TPSA) is 75.4 Å². The minimum absolute atomic E-state index is 0. The number of amides is 2. The Hall–Kier alpha value is -1.54. The summed E-state index contributed by atoms with van der Waals surface area (Å²) in [5.74, 6) is 0.207. The molecular weight excluding hydrogens is 378 g/mol. The van der Waals surface area contributed by atoms with Crippen LogP contribution in [0.25, 0.3) is 0 Å². The molecule has 25 heavy (non-hydrogen) atoms. The van der Waals surface area contributed by atoms with Crippen LogP contribution in [-0.4, -0.2) is 42.1 Å². The van der Waals surface area contributed by atoms with E-state index in [2.05, 4.69) is 5.32 Å². The molecule has 1 unspecified atom stereocenters. The lowest BCUT2D eigenvalue weighted by Gasteiger charge is -2.23. The molecule has 1 atom stereocenters. The summed E-state index contributed by atoms with van der Waals surface area (Å²) in [6.07, 6.45) is 0. The van der Waals surface area contributed by atoms with Gasteiger partial charge in [0.1, 0.15) is 0 Å². The number of carbonyl (C=O) groups is 2. The summed E-state index contributed by atoms with van der Waals surface area (Å²) < 4.78 is 1.11. The van der Waals surface area contributed by atoms with Crippen molar-refractivity contribution < 1.29 is 9.59 Å². The number of likely N-dealkylation sites (N-methyl/N-ethyl adjacent to an activating group) is 1. The van der Waals surface area contributed by atoms with Crippen LogP contribution in [0.4, 0.5) is 5.69 Å². The molecular formula is C17H22ClN3O2S2. The fourth-order valence-corrected chi connectivity index (χ4v) is 3.52. The summed E-state index contributed by atoms with van der Waals surface area (Å²) in [7, 11) is 1.73. The van der Waals surface area contributed by atoms with E-state index in [1.165, 1.54) is 11.8 Å². The Morgan fingerprint density at radius 2 is 1.96 bits per heavy atom. The number of nitrogens with zero attached hydrogens (tertiary/aromatic N) is 1.